The van der Waals surface area contributed by atoms with Crippen molar-refractivity contribution in [3.05, 3.63) is 70.3 Å². The predicted molar refractivity (Wildman–Crippen MR) is 208 cm³/mol. The molecular weight excluding hydrogens is 712 g/mol. The number of anilines is 1. The number of amides is 2. The van der Waals surface area contributed by atoms with Crippen LogP contribution in [0.4, 0.5) is 5.69 Å². The van der Waals surface area contributed by atoms with E-state index in [4.69, 9.17) is 21.1 Å². The highest BCUT2D eigenvalue weighted by molar-refractivity contribution is 7.90. The van der Waals surface area contributed by atoms with Crippen molar-refractivity contribution in [2.24, 2.45) is 17.8 Å². The molecule has 1 saturated heterocycles. The number of hydrogen-bond acceptors (Lipinski definition) is 8. The molecule has 0 unspecified atom stereocenters. The van der Waals surface area contributed by atoms with Crippen LogP contribution >= 0.6 is 11.6 Å². The Morgan fingerprint density at radius 3 is 2.64 bits per heavy atom. The zero-order chi connectivity index (χ0) is 37.7. The minimum atomic E-state index is -4.01. The molecule has 2 bridgehead atoms. The van der Waals surface area contributed by atoms with Gasteiger partial charge in [-0.2, -0.15) is 0 Å². The number of carbonyl (C=O) groups excluding carboxylic acids is 2. The van der Waals surface area contributed by atoms with Crippen molar-refractivity contribution in [3.63, 3.8) is 0 Å². The lowest BCUT2D eigenvalue weighted by molar-refractivity contribution is -0.142. The third-order valence-electron chi connectivity index (χ3n) is 13.3. The summed E-state index contributed by atoms with van der Waals surface area (Å²) in [6.07, 6.45) is 10.4. The molecule has 12 heteroatoms. The summed E-state index contributed by atoms with van der Waals surface area (Å²) < 4.78 is 42.7. The fourth-order valence-electron chi connectivity index (χ4n) is 9.57. The maximum Gasteiger partial charge on any atom is 0.264 e. The maximum atomic E-state index is 14.1. The molecule has 5 aliphatic rings. The molecule has 7 atom stereocenters. The van der Waals surface area contributed by atoms with Crippen molar-refractivity contribution in [2.75, 3.05) is 58.9 Å². The number of methoxy groups -OCH3 is 1. The number of halogens is 1. The van der Waals surface area contributed by atoms with Gasteiger partial charge in [-0.15, -0.1) is 0 Å². The number of nitrogens with one attached hydrogen (secondary N) is 1. The third-order valence-corrected chi connectivity index (χ3v) is 15.4. The van der Waals surface area contributed by atoms with E-state index in [2.05, 4.69) is 46.8 Å². The summed E-state index contributed by atoms with van der Waals surface area (Å²) in [6.45, 7) is 6.73. The first kappa shape index (κ1) is 38.2. The standard InChI is InChI=1S/C41H55ClN4O6S/c1-27-8-6-18-41(51-5,22-38(47)45-19-16-33(24-45)44(3)4)35-13-10-31(35)23-46-25-40(17-7-9-29-20-32(42)12-14-34(29)40)26-52-37-15-11-30(21-36(37)46)39(48)43-53(49,50)28(27)2/h6,11-12,14-15,18,20-21,27-28,31,33,35H,7-10,13,16-17,19,22-26H2,1-5H3,(H,43,48)/b18-6+/t27-,28+,31-,33+,35+,40-,41+/m0/s1. The van der Waals surface area contributed by atoms with Gasteiger partial charge in [-0.25, -0.2) is 13.1 Å². The first-order chi connectivity index (χ1) is 25.2. The molecule has 1 saturated carbocycles. The van der Waals surface area contributed by atoms with E-state index < -0.39 is 26.8 Å². The van der Waals surface area contributed by atoms with Gasteiger partial charge in [0.05, 0.1) is 29.6 Å². The molecule has 2 fully saturated rings. The van der Waals surface area contributed by atoms with Crippen molar-refractivity contribution in [3.8, 4) is 5.75 Å². The van der Waals surface area contributed by atoms with E-state index in [1.165, 1.54) is 11.1 Å². The highest BCUT2D eigenvalue weighted by atomic mass is 35.5. The zero-order valence-electron chi connectivity index (χ0n) is 31.8. The van der Waals surface area contributed by atoms with E-state index >= 15 is 0 Å². The summed E-state index contributed by atoms with van der Waals surface area (Å²) in [5, 5.41) is -0.119. The van der Waals surface area contributed by atoms with Gasteiger partial charge in [0.25, 0.3) is 5.91 Å². The smallest absolute Gasteiger partial charge is 0.264 e. The SMILES string of the molecule is CO[C@@]1(CC(=O)N2CC[C@@H](N(C)C)C2)/C=C/C[C@H](C)[C@@H](C)S(=O)(=O)NC(=O)c2ccc3c(c2)N(C[C@@H]2CC[C@H]21)C[C@@]1(CCCc2cc(Cl)ccc21)CO3. The Bertz CT molecular complexity index is 1870. The molecule has 7 rings (SSSR count). The lowest BCUT2D eigenvalue weighted by Gasteiger charge is -2.50. The summed E-state index contributed by atoms with van der Waals surface area (Å²) in [6, 6.07) is 11.8. The van der Waals surface area contributed by atoms with Crippen LogP contribution in [0.3, 0.4) is 0 Å². The van der Waals surface area contributed by atoms with Crippen molar-refractivity contribution < 1.29 is 27.5 Å². The number of aryl methyl sites for hydroxylation is 1. The largest absolute Gasteiger partial charge is 0.490 e. The number of rotatable bonds is 4. The highest BCUT2D eigenvalue weighted by Gasteiger charge is 2.50. The van der Waals surface area contributed by atoms with Gasteiger partial charge in [-0.3, -0.25) is 9.59 Å². The average molecular weight is 767 g/mol. The van der Waals surface area contributed by atoms with E-state index in [1.807, 2.05) is 24.0 Å². The topological polar surface area (TPSA) is 108 Å². The van der Waals surface area contributed by atoms with Crippen LogP contribution in [0.2, 0.25) is 5.02 Å². The van der Waals surface area contributed by atoms with Gasteiger partial charge < -0.3 is 24.2 Å². The molecule has 3 aliphatic heterocycles. The van der Waals surface area contributed by atoms with Gasteiger partial charge in [-0.1, -0.05) is 36.7 Å². The fourth-order valence-corrected chi connectivity index (χ4v) is 11.1. The van der Waals surface area contributed by atoms with Crippen molar-refractivity contribution in [1.29, 1.82) is 0 Å². The lowest BCUT2D eigenvalue weighted by Crippen LogP contribution is -2.54. The third kappa shape index (κ3) is 7.35. The van der Waals surface area contributed by atoms with Crippen LogP contribution < -0.4 is 14.4 Å². The molecule has 3 heterocycles. The van der Waals surface area contributed by atoms with Crippen molar-refractivity contribution in [2.45, 2.75) is 87.5 Å². The summed E-state index contributed by atoms with van der Waals surface area (Å²) >= 11 is 6.49. The number of carbonyl (C=O) groups is 2. The summed E-state index contributed by atoms with van der Waals surface area (Å²) in [7, 11) is 1.83. The molecule has 1 N–H and O–H groups in total. The Morgan fingerprint density at radius 2 is 1.92 bits per heavy atom. The Morgan fingerprint density at radius 1 is 1.11 bits per heavy atom. The van der Waals surface area contributed by atoms with Gasteiger partial charge in [0.1, 0.15) is 5.75 Å². The summed E-state index contributed by atoms with van der Waals surface area (Å²) in [4.78, 5) is 34.3. The number of hydrogen-bond donors (Lipinski definition) is 1. The minimum Gasteiger partial charge on any atom is -0.490 e. The predicted octanol–water partition coefficient (Wildman–Crippen LogP) is 5.82. The molecule has 2 aliphatic carbocycles. The van der Waals surface area contributed by atoms with Crippen LogP contribution in [0.5, 0.6) is 5.75 Å². The average Bonchev–Trinajstić information content (AvgIpc) is 3.57. The molecular formula is C41H55ClN4O6S. The van der Waals surface area contributed by atoms with Crippen LogP contribution in [0.1, 0.15) is 80.3 Å². The van der Waals surface area contributed by atoms with Gasteiger partial charge in [0.2, 0.25) is 15.9 Å². The number of benzene rings is 2. The lowest BCUT2D eigenvalue weighted by atomic mass is 9.62. The number of fused-ring (bicyclic) bond motifs is 4. The Kier molecular flexibility index (Phi) is 10.7. The number of nitrogens with zero attached hydrogens (tertiary/aromatic N) is 3. The molecule has 2 aromatic carbocycles. The second-order valence-electron chi connectivity index (χ2n) is 16.6. The normalized spacial score (nSPS) is 33.3. The van der Waals surface area contributed by atoms with Crippen LogP contribution in [-0.4, -0.2) is 101 Å². The van der Waals surface area contributed by atoms with E-state index in [0.29, 0.717) is 44.5 Å². The second kappa shape index (κ2) is 14.8. The highest BCUT2D eigenvalue weighted by Crippen LogP contribution is 2.50. The number of likely N-dealkylation sites (tertiary alicyclic amines) is 1. The molecule has 0 radical (unpaired) electrons. The number of allylic oxidation sites excluding steroid dienone is 1. The second-order valence-corrected chi connectivity index (χ2v) is 19.1. The summed E-state index contributed by atoms with van der Waals surface area (Å²) in [5.41, 5.74) is 2.34. The molecule has 0 aromatic heterocycles. The van der Waals surface area contributed by atoms with Gasteiger partial charge >= 0.3 is 0 Å². The number of likely N-dealkylation sites (N-methyl/N-ethyl adjacent to an activating group) is 1. The van der Waals surface area contributed by atoms with Crippen LogP contribution in [0, 0.1) is 17.8 Å². The van der Waals surface area contributed by atoms with E-state index in [1.54, 1.807) is 32.2 Å². The van der Waals surface area contributed by atoms with Gasteiger partial charge in [-0.05, 0) is 125 Å². The van der Waals surface area contributed by atoms with Crippen LogP contribution in [-0.2, 0) is 31.4 Å². The molecule has 2 amide bonds. The number of sulfonamides is 1. The fraction of sp³-hybridized carbons (Fsp3) is 0.610. The van der Waals surface area contributed by atoms with Crippen molar-refractivity contribution in [1.82, 2.24) is 14.5 Å². The number of ether oxygens (including phenoxy) is 2. The van der Waals surface area contributed by atoms with E-state index in [-0.39, 0.29) is 41.1 Å². The molecule has 288 valence electrons. The molecule has 10 nitrogen and oxygen atoms in total. The molecule has 2 aromatic rings. The summed E-state index contributed by atoms with van der Waals surface area (Å²) in [5.74, 6) is 0.0476. The molecule has 53 heavy (non-hydrogen) atoms. The van der Waals surface area contributed by atoms with Crippen LogP contribution in [0.15, 0.2) is 48.6 Å². The first-order valence-electron chi connectivity index (χ1n) is 19.3. The molecule has 1 spiro atoms. The van der Waals surface area contributed by atoms with Gasteiger partial charge in [0, 0.05) is 55.3 Å². The maximum absolute atomic E-state index is 14.1. The van der Waals surface area contributed by atoms with E-state index in [9.17, 15) is 18.0 Å². The van der Waals surface area contributed by atoms with E-state index in [0.717, 1.165) is 55.8 Å². The van der Waals surface area contributed by atoms with Crippen molar-refractivity contribution >= 4 is 39.1 Å². The Balaban J connectivity index is 1.29. The Hall–Kier alpha value is -3.12. The van der Waals surface area contributed by atoms with Crippen LogP contribution in [0.25, 0.3) is 0 Å². The first-order valence-corrected chi connectivity index (χ1v) is 21.2. The monoisotopic (exact) mass is 766 g/mol. The zero-order valence-corrected chi connectivity index (χ0v) is 33.3. The van der Waals surface area contributed by atoms with Gasteiger partial charge in [0.15, 0.2) is 0 Å². The quantitative estimate of drug-likeness (QED) is 0.388. The minimum absolute atomic E-state index is 0.0526. The Labute approximate surface area is 320 Å².